The van der Waals surface area contributed by atoms with Crippen LogP contribution in [0.5, 0.6) is 0 Å². The summed E-state index contributed by atoms with van der Waals surface area (Å²) in [4.78, 5) is 27.6. The Bertz CT molecular complexity index is 855. The fourth-order valence-electron chi connectivity index (χ4n) is 3.64. The zero-order valence-corrected chi connectivity index (χ0v) is 20.1. The van der Waals surface area contributed by atoms with Gasteiger partial charge in [-0.15, -0.1) is 11.3 Å². The molecule has 2 amide bonds. The molecule has 1 aromatic heterocycles. The highest BCUT2D eigenvalue weighted by Gasteiger charge is 2.29. The second kappa shape index (κ2) is 9.96. The average Bonchev–Trinajstić information content (AvgIpc) is 3.14. The van der Waals surface area contributed by atoms with Crippen LogP contribution in [0.15, 0.2) is 46.3 Å². The number of ether oxygens (including phenoxy) is 1. The van der Waals surface area contributed by atoms with Crippen LogP contribution in [-0.2, 0) is 4.74 Å². The lowest BCUT2D eigenvalue weighted by Gasteiger charge is -2.35. The van der Waals surface area contributed by atoms with E-state index in [0.29, 0.717) is 23.9 Å². The number of carbonyl (C=O) groups is 2. The van der Waals surface area contributed by atoms with E-state index in [2.05, 4.69) is 33.4 Å². The summed E-state index contributed by atoms with van der Waals surface area (Å²) in [6.45, 7) is 7.03. The lowest BCUT2D eigenvalue weighted by atomic mass is 9.87. The molecule has 1 aliphatic rings. The van der Waals surface area contributed by atoms with E-state index in [4.69, 9.17) is 4.74 Å². The number of rotatable bonds is 5. The topological polar surface area (TPSA) is 58.6 Å². The van der Waals surface area contributed by atoms with Gasteiger partial charge in [-0.25, -0.2) is 4.79 Å². The minimum Gasteiger partial charge on any atom is -0.444 e. The van der Waals surface area contributed by atoms with Gasteiger partial charge in [-0.05, 0) is 79.6 Å². The van der Waals surface area contributed by atoms with Crippen LogP contribution in [0.4, 0.5) is 4.79 Å². The molecule has 1 fully saturated rings. The zero-order chi connectivity index (χ0) is 21.7. The highest BCUT2D eigenvalue weighted by Crippen LogP contribution is 2.30. The molecule has 1 aromatic carbocycles. The van der Waals surface area contributed by atoms with Crippen molar-refractivity contribution in [3.05, 3.63) is 56.7 Å². The Morgan fingerprint density at radius 1 is 1.17 bits per heavy atom. The molecule has 2 aromatic rings. The highest BCUT2D eigenvalue weighted by atomic mass is 79.9. The monoisotopic (exact) mass is 492 g/mol. The van der Waals surface area contributed by atoms with E-state index in [1.165, 1.54) is 11.3 Å². The maximum atomic E-state index is 12.8. The summed E-state index contributed by atoms with van der Waals surface area (Å²) in [6.07, 6.45) is 2.42. The first-order valence-corrected chi connectivity index (χ1v) is 11.9. The van der Waals surface area contributed by atoms with E-state index in [1.54, 1.807) is 4.90 Å². The molecule has 30 heavy (non-hydrogen) atoms. The van der Waals surface area contributed by atoms with Crippen molar-refractivity contribution in [1.82, 2.24) is 10.2 Å². The number of thiophene rings is 1. The van der Waals surface area contributed by atoms with Gasteiger partial charge in [-0.1, -0.05) is 30.3 Å². The molecular formula is C23H29BrN2O3S. The quantitative estimate of drug-likeness (QED) is 0.554. The molecule has 1 aliphatic heterocycles. The van der Waals surface area contributed by atoms with Crippen LogP contribution < -0.4 is 5.32 Å². The molecular weight excluding hydrogens is 464 g/mol. The molecule has 7 heteroatoms. The largest absolute Gasteiger partial charge is 0.444 e. The van der Waals surface area contributed by atoms with Gasteiger partial charge in [0.2, 0.25) is 0 Å². The van der Waals surface area contributed by atoms with Gasteiger partial charge in [0, 0.05) is 13.1 Å². The molecule has 1 unspecified atom stereocenters. The number of hydrogen-bond acceptors (Lipinski definition) is 4. The Balaban J connectivity index is 1.62. The van der Waals surface area contributed by atoms with Crippen molar-refractivity contribution in [2.45, 2.75) is 51.7 Å². The fourth-order valence-corrected chi connectivity index (χ4v) is 4.93. The first-order chi connectivity index (χ1) is 14.2. The van der Waals surface area contributed by atoms with E-state index in [1.807, 2.05) is 51.1 Å². The summed E-state index contributed by atoms with van der Waals surface area (Å²) in [7, 11) is 0. The summed E-state index contributed by atoms with van der Waals surface area (Å²) in [5.74, 6) is 0.384. The van der Waals surface area contributed by atoms with Gasteiger partial charge in [0.05, 0.1) is 14.7 Å². The number of benzene rings is 1. The van der Waals surface area contributed by atoms with Crippen molar-refractivity contribution >= 4 is 39.3 Å². The fraction of sp³-hybridized carbons (Fsp3) is 0.478. The number of nitrogens with zero attached hydrogens (tertiary/aromatic N) is 1. The Kier molecular flexibility index (Phi) is 7.58. The minimum absolute atomic E-state index is 0.0502. The Morgan fingerprint density at radius 2 is 1.83 bits per heavy atom. The van der Waals surface area contributed by atoms with Gasteiger partial charge >= 0.3 is 6.09 Å². The van der Waals surface area contributed by atoms with Crippen molar-refractivity contribution in [1.29, 1.82) is 0 Å². The number of nitrogens with one attached hydrogen (secondary N) is 1. The Morgan fingerprint density at radius 3 is 2.40 bits per heavy atom. The Hall–Kier alpha value is -1.86. The Labute approximate surface area is 190 Å². The number of likely N-dealkylation sites (tertiary alicyclic amines) is 1. The summed E-state index contributed by atoms with van der Waals surface area (Å²) < 4.78 is 6.44. The third kappa shape index (κ3) is 6.57. The van der Waals surface area contributed by atoms with Gasteiger partial charge in [0.15, 0.2) is 0 Å². The molecule has 3 rings (SSSR count). The molecule has 1 atom stereocenters. The van der Waals surface area contributed by atoms with Crippen LogP contribution >= 0.6 is 27.3 Å². The maximum Gasteiger partial charge on any atom is 0.410 e. The normalized spacial score (nSPS) is 16.2. The van der Waals surface area contributed by atoms with Gasteiger partial charge in [0.25, 0.3) is 5.91 Å². The van der Waals surface area contributed by atoms with Gasteiger partial charge in [-0.2, -0.15) is 0 Å². The molecule has 0 aliphatic carbocycles. The van der Waals surface area contributed by atoms with E-state index in [9.17, 15) is 9.59 Å². The molecule has 0 bridgehead atoms. The third-order valence-corrected chi connectivity index (χ3v) is 6.76. The molecule has 1 saturated heterocycles. The van der Waals surface area contributed by atoms with Gasteiger partial charge < -0.3 is 15.0 Å². The minimum atomic E-state index is -0.479. The molecule has 0 spiro atoms. The molecule has 2 heterocycles. The summed E-state index contributed by atoms with van der Waals surface area (Å²) >= 11 is 4.86. The predicted octanol–water partition coefficient (Wildman–Crippen LogP) is 6.02. The number of halogens is 1. The SMILES string of the molecule is CC(C)(C)OC(=O)N1CCC(CC(NC(=O)c2ccc(Br)s2)c2ccccc2)CC1. The van der Waals surface area contributed by atoms with Crippen molar-refractivity contribution in [3.63, 3.8) is 0 Å². The number of amides is 2. The van der Waals surface area contributed by atoms with Crippen LogP contribution in [0.1, 0.15) is 61.3 Å². The third-order valence-electron chi connectivity index (χ3n) is 5.14. The van der Waals surface area contributed by atoms with Crippen LogP contribution in [0.25, 0.3) is 0 Å². The standard InChI is InChI=1S/C23H29BrN2O3S/c1-23(2,3)29-22(28)26-13-11-16(12-14-26)15-18(17-7-5-4-6-8-17)25-21(27)19-9-10-20(24)30-19/h4-10,16,18H,11-15H2,1-3H3,(H,25,27). The van der Waals surface area contributed by atoms with Crippen molar-refractivity contribution in [3.8, 4) is 0 Å². The van der Waals surface area contributed by atoms with Crippen molar-refractivity contribution in [2.24, 2.45) is 5.92 Å². The maximum absolute atomic E-state index is 12.8. The summed E-state index contributed by atoms with van der Waals surface area (Å²) in [5, 5.41) is 3.22. The first kappa shape index (κ1) is 22.8. The number of carbonyl (C=O) groups excluding carboxylic acids is 2. The average molecular weight is 493 g/mol. The predicted molar refractivity (Wildman–Crippen MR) is 124 cm³/mol. The van der Waals surface area contributed by atoms with Crippen molar-refractivity contribution < 1.29 is 14.3 Å². The number of hydrogen-bond donors (Lipinski definition) is 1. The van der Waals surface area contributed by atoms with Crippen LogP contribution in [-0.4, -0.2) is 35.6 Å². The van der Waals surface area contributed by atoms with E-state index in [0.717, 1.165) is 28.6 Å². The van der Waals surface area contributed by atoms with Gasteiger partial charge in [-0.3, -0.25) is 4.79 Å². The van der Waals surface area contributed by atoms with E-state index >= 15 is 0 Å². The molecule has 5 nitrogen and oxygen atoms in total. The molecule has 1 N–H and O–H groups in total. The smallest absolute Gasteiger partial charge is 0.410 e. The van der Waals surface area contributed by atoms with Gasteiger partial charge in [0.1, 0.15) is 5.60 Å². The lowest BCUT2D eigenvalue weighted by molar-refractivity contribution is 0.0178. The summed E-state index contributed by atoms with van der Waals surface area (Å²) in [6, 6.07) is 13.8. The highest BCUT2D eigenvalue weighted by molar-refractivity contribution is 9.11. The lowest BCUT2D eigenvalue weighted by Crippen LogP contribution is -2.42. The second-order valence-electron chi connectivity index (χ2n) is 8.69. The van der Waals surface area contributed by atoms with Crippen LogP contribution in [0.2, 0.25) is 0 Å². The van der Waals surface area contributed by atoms with E-state index in [-0.39, 0.29) is 18.0 Å². The first-order valence-electron chi connectivity index (χ1n) is 10.3. The van der Waals surface area contributed by atoms with E-state index < -0.39 is 5.60 Å². The van der Waals surface area contributed by atoms with Crippen LogP contribution in [0.3, 0.4) is 0 Å². The number of piperidine rings is 1. The zero-order valence-electron chi connectivity index (χ0n) is 17.7. The second-order valence-corrected chi connectivity index (χ2v) is 11.1. The van der Waals surface area contributed by atoms with Crippen molar-refractivity contribution in [2.75, 3.05) is 13.1 Å². The summed E-state index contributed by atoms with van der Waals surface area (Å²) in [5.41, 5.74) is 0.629. The molecule has 0 radical (unpaired) electrons. The van der Waals surface area contributed by atoms with Crippen LogP contribution in [0, 0.1) is 5.92 Å². The molecule has 162 valence electrons. The molecule has 0 saturated carbocycles.